The number of nitrogens with zero attached hydrogens (tertiary/aromatic N) is 2. The summed E-state index contributed by atoms with van der Waals surface area (Å²) >= 11 is 0. The molecule has 0 radical (unpaired) electrons. The van der Waals surface area contributed by atoms with Crippen LogP contribution in [-0.2, 0) is 0 Å². The van der Waals surface area contributed by atoms with Gasteiger partial charge in [0, 0.05) is 37.8 Å². The van der Waals surface area contributed by atoms with E-state index in [1.54, 1.807) is 0 Å². The molecule has 5 atom stereocenters. The van der Waals surface area contributed by atoms with Gasteiger partial charge in [0.15, 0.2) is 0 Å². The number of hydrogen-bond acceptors (Lipinski definition) is 3. The minimum atomic E-state index is 0.692. The summed E-state index contributed by atoms with van der Waals surface area (Å²) in [5.41, 5.74) is 0. The summed E-state index contributed by atoms with van der Waals surface area (Å²) in [4.78, 5) is 5.23. The summed E-state index contributed by atoms with van der Waals surface area (Å²) in [5.74, 6) is 1.76. The van der Waals surface area contributed by atoms with Gasteiger partial charge in [-0.2, -0.15) is 0 Å². The Morgan fingerprint density at radius 2 is 1.68 bits per heavy atom. The van der Waals surface area contributed by atoms with Crippen molar-refractivity contribution in [1.82, 2.24) is 15.1 Å². The third-order valence-electron chi connectivity index (χ3n) is 5.54. The van der Waals surface area contributed by atoms with Crippen LogP contribution >= 0.6 is 0 Å². The lowest BCUT2D eigenvalue weighted by Gasteiger charge is -2.45. The Labute approximate surface area is 119 Å². The van der Waals surface area contributed by atoms with E-state index >= 15 is 0 Å². The summed E-state index contributed by atoms with van der Waals surface area (Å²) in [6, 6.07) is 2.12. The van der Waals surface area contributed by atoms with E-state index in [1.165, 1.54) is 38.9 Å². The normalized spacial score (nSPS) is 42.5. The van der Waals surface area contributed by atoms with Gasteiger partial charge in [0.25, 0.3) is 0 Å². The van der Waals surface area contributed by atoms with Crippen LogP contribution in [0.5, 0.6) is 0 Å². The molecule has 1 heterocycles. The van der Waals surface area contributed by atoms with E-state index < -0.39 is 0 Å². The van der Waals surface area contributed by atoms with E-state index in [9.17, 15) is 0 Å². The summed E-state index contributed by atoms with van der Waals surface area (Å²) in [5, 5.41) is 3.56. The highest BCUT2D eigenvalue weighted by molar-refractivity contribution is 4.88. The van der Waals surface area contributed by atoms with Crippen LogP contribution in [0.4, 0.5) is 0 Å². The van der Waals surface area contributed by atoms with Gasteiger partial charge in [0.05, 0.1) is 0 Å². The van der Waals surface area contributed by atoms with Crippen LogP contribution in [-0.4, -0.2) is 61.7 Å². The fourth-order valence-corrected chi connectivity index (χ4v) is 4.08. The highest BCUT2D eigenvalue weighted by Crippen LogP contribution is 2.30. The van der Waals surface area contributed by atoms with Crippen LogP contribution in [0.2, 0.25) is 0 Å². The topological polar surface area (TPSA) is 18.5 Å². The smallest absolute Gasteiger partial charge is 0.0195 e. The second-order valence-electron chi connectivity index (χ2n) is 7.16. The molecule has 0 aromatic rings. The maximum atomic E-state index is 3.56. The third-order valence-corrected chi connectivity index (χ3v) is 5.54. The molecule has 0 aromatic heterocycles. The largest absolute Gasteiger partial charge is 0.317 e. The number of likely N-dealkylation sites (N-methyl/N-ethyl adjacent to an activating group) is 1. The van der Waals surface area contributed by atoms with Gasteiger partial charge in [-0.1, -0.05) is 6.92 Å². The van der Waals surface area contributed by atoms with Crippen LogP contribution in [0.25, 0.3) is 0 Å². The summed E-state index contributed by atoms with van der Waals surface area (Å²) < 4.78 is 0. The van der Waals surface area contributed by atoms with Crippen molar-refractivity contribution in [3.63, 3.8) is 0 Å². The lowest BCUT2D eigenvalue weighted by Crippen LogP contribution is -2.57. The SMILES string of the molecule is CNC1CCC(C)CC1CN1CC(C)N(C)C(C)C1. The lowest BCUT2D eigenvalue weighted by molar-refractivity contribution is 0.0388. The van der Waals surface area contributed by atoms with E-state index in [-0.39, 0.29) is 0 Å². The average molecular weight is 267 g/mol. The summed E-state index contributed by atoms with van der Waals surface area (Å²) in [7, 11) is 4.41. The molecule has 1 aliphatic heterocycles. The van der Waals surface area contributed by atoms with Gasteiger partial charge in [0.1, 0.15) is 0 Å². The van der Waals surface area contributed by atoms with Crippen molar-refractivity contribution < 1.29 is 0 Å². The summed E-state index contributed by atoms with van der Waals surface area (Å²) in [6.45, 7) is 10.9. The van der Waals surface area contributed by atoms with Crippen molar-refractivity contribution in [2.75, 3.05) is 33.7 Å². The van der Waals surface area contributed by atoms with Crippen molar-refractivity contribution >= 4 is 0 Å². The van der Waals surface area contributed by atoms with Crippen molar-refractivity contribution in [2.24, 2.45) is 11.8 Å². The van der Waals surface area contributed by atoms with Crippen molar-refractivity contribution in [2.45, 2.75) is 58.2 Å². The Balaban J connectivity index is 1.91. The van der Waals surface area contributed by atoms with Crippen LogP contribution in [0.15, 0.2) is 0 Å². The first-order valence-corrected chi connectivity index (χ1v) is 8.12. The molecule has 19 heavy (non-hydrogen) atoms. The molecule has 1 saturated carbocycles. The second kappa shape index (κ2) is 6.55. The minimum Gasteiger partial charge on any atom is -0.317 e. The van der Waals surface area contributed by atoms with Crippen molar-refractivity contribution in [3.8, 4) is 0 Å². The van der Waals surface area contributed by atoms with Crippen molar-refractivity contribution in [1.29, 1.82) is 0 Å². The van der Waals surface area contributed by atoms with E-state index in [0.29, 0.717) is 12.1 Å². The number of piperazine rings is 1. The average Bonchev–Trinajstić information content (AvgIpc) is 2.36. The second-order valence-corrected chi connectivity index (χ2v) is 7.16. The monoisotopic (exact) mass is 267 g/mol. The Morgan fingerprint density at radius 3 is 2.26 bits per heavy atom. The van der Waals surface area contributed by atoms with Gasteiger partial charge >= 0.3 is 0 Å². The van der Waals surface area contributed by atoms with Gasteiger partial charge in [-0.05, 0) is 59.0 Å². The molecule has 2 aliphatic rings. The zero-order valence-electron chi connectivity index (χ0n) is 13.5. The molecule has 1 aliphatic carbocycles. The van der Waals surface area contributed by atoms with Crippen LogP contribution < -0.4 is 5.32 Å². The Hall–Kier alpha value is -0.120. The highest BCUT2D eigenvalue weighted by Gasteiger charge is 2.32. The lowest BCUT2D eigenvalue weighted by atomic mass is 9.78. The Kier molecular flexibility index (Phi) is 5.27. The molecular formula is C16H33N3. The van der Waals surface area contributed by atoms with Gasteiger partial charge in [-0.3, -0.25) is 9.80 Å². The highest BCUT2D eigenvalue weighted by atomic mass is 15.3. The quantitative estimate of drug-likeness (QED) is 0.844. The zero-order valence-corrected chi connectivity index (χ0v) is 13.5. The number of nitrogens with one attached hydrogen (secondary N) is 1. The zero-order chi connectivity index (χ0) is 14.0. The van der Waals surface area contributed by atoms with Gasteiger partial charge in [-0.15, -0.1) is 0 Å². The first-order valence-electron chi connectivity index (χ1n) is 8.12. The van der Waals surface area contributed by atoms with Gasteiger partial charge < -0.3 is 5.32 Å². The number of rotatable bonds is 3. The van der Waals surface area contributed by atoms with Crippen LogP contribution in [0.3, 0.4) is 0 Å². The molecule has 1 saturated heterocycles. The molecule has 3 heteroatoms. The molecular weight excluding hydrogens is 234 g/mol. The Bertz CT molecular complexity index is 269. The van der Waals surface area contributed by atoms with Crippen LogP contribution in [0.1, 0.15) is 40.0 Å². The van der Waals surface area contributed by atoms with Crippen LogP contribution in [0, 0.1) is 11.8 Å². The minimum absolute atomic E-state index is 0.692. The third kappa shape index (κ3) is 3.71. The molecule has 5 unspecified atom stereocenters. The van der Waals surface area contributed by atoms with E-state index in [0.717, 1.165) is 17.9 Å². The predicted octanol–water partition coefficient (Wildman–Crippen LogP) is 2.03. The summed E-state index contributed by atoms with van der Waals surface area (Å²) in [6.07, 6.45) is 4.17. The molecule has 0 spiro atoms. The maximum Gasteiger partial charge on any atom is 0.0195 e. The first-order chi connectivity index (χ1) is 9.01. The van der Waals surface area contributed by atoms with Gasteiger partial charge in [0.2, 0.25) is 0 Å². The molecule has 1 N–H and O–H groups in total. The molecule has 0 bridgehead atoms. The molecule has 3 nitrogen and oxygen atoms in total. The predicted molar refractivity (Wildman–Crippen MR) is 82.5 cm³/mol. The fraction of sp³-hybridized carbons (Fsp3) is 1.00. The molecule has 2 fully saturated rings. The van der Waals surface area contributed by atoms with E-state index in [1.807, 2.05) is 0 Å². The molecule has 0 aromatic carbocycles. The standard InChI is InChI=1S/C16H33N3/c1-12-6-7-16(17-4)15(8-12)11-19-9-13(2)18(5)14(3)10-19/h12-17H,6-11H2,1-5H3. The van der Waals surface area contributed by atoms with E-state index in [2.05, 4.69) is 50.0 Å². The first kappa shape index (κ1) is 15.3. The van der Waals surface area contributed by atoms with Gasteiger partial charge in [-0.25, -0.2) is 0 Å². The molecule has 0 amide bonds. The molecule has 112 valence electrons. The number of hydrogen-bond donors (Lipinski definition) is 1. The maximum absolute atomic E-state index is 3.56. The van der Waals surface area contributed by atoms with E-state index in [4.69, 9.17) is 0 Å². The Morgan fingerprint density at radius 1 is 1.05 bits per heavy atom. The fourth-order valence-electron chi connectivity index (χ4n) is 4.08. The molecule has 2 rings (SSSR count). The van der Waals surface area contributed by atoms with Crippen molar-refractivity contribution in [3.05, 3.63) is 0 Å².